The number of halogens is 2. The number of fused-ring (bicyclic) bond motifs is 1. The largest absolute Gasteiger partial charge is 0.481 e. The van der Waals surface area contributed by atoms with Gasteiger partial charge >= 0.3 is 6.09 Å². The van der Waals surface area contributed by atoms with Crippen LogP contribution in [0.4, 0.5) is 25.0 Å². The molecule has 1 aliphatic heterocycles. The highest BCUT2D eigenvalue weighted by molar-refractivity contribution is 8.13. The number of benzene rings is 2. The molecule has 0 unspecified atom stereocenters. The van der Waals surface area contributed by atoms with Crippen LogP contribution in [-0.4, -0.2) is 24.9 Å². The normalized spacial score (nSPS) is 12.7. The van der Waals surface area contributed by atoms with Gasteiger partial charge in [0.2, 0.25) is 0 Å². The van der Waals surface area contributed by atoms with Crippen molar-refractivity contribution >= 4 is 34.3 Å². The fourth-order valence-corrected chi connectivity index (χ4v) is 3.12. The number of anilines is 1. The highest BCUT2D eigenvalue weighted by atomic mass is 32.2. The molecule has 0 fully saturated rings. The van der Waals surface area contributed by atoms with Crippen LogP contribution < -0.4 is 10.1 Å². The number of rotatable bonds is 3. The number of aliphatic imine (C=N–C) groups is 1. The summed E-state index contributed by atoms with van der Waals surface area (Å²) in [5, 5.41) is 3.22. The topological polar surface area (TPSA) is 59.9 Å². The van der Waals surface area contributed by atoms with Crippen molar-refractivity contribution < 1.29 is 23.0 Å². The van der Waals surface area contributed by atoms with Crippen LogP contribution in [0.3, 0.4) is 0 Å². The minimum atomic E-state index is -0.768. The van der Waals surface area contributed by atoms with E-state index in [1.165, 1.54) is 18.9 Å². The van der Waals surface area contributed by atoms with Crippen molar-refractivity contribution in [1.82, 2.24) is 0 Å². The van der Waals surface area contributed by atoms with E-state index in [4.69, 9.17) is 4.74 Å². The Morgan fingerprint density at radius 2 is 2.16 bits per heavy atom. The average Bonchev–Trinajstić information content (AvgIpc) is 2.60. The molecule has 1 aliphatic rings. The predicted molar refractivity (Wildman–Crippen MR) is 92.7 cm³/mol. The lowest BCUT2D eigenvalue weighted by atomic mass is 10.2. The van der Waals surface area contributed by atoms with Crippen molar-refractivity contribution in [3.05, 3.63) is 53.6 Å². The fraction of sp³-hybridized carbons (Fsp3) is 0.176. The Balaban J connectivity index is 1.74. The van der Waals surface area contributed by atoms with Gasteiger partial charge in [0.05, 0.1) is 7.11 Å². The molecule has 8 heteroatoms. The molecule has 0 radical (unpaired) electrons. The summed E-state index contributed by atoms with van der Waals surface area (Å²) in [5.41, 5.74) is 1.61. The summed E-state index contributed by atoms with van der Waals surface area (Å²) in [6.07, 6.45) is -0.560. The minimum Gasteiger partial charge on any atom is -0.481 e. The van der Waals surface area contributed by atoms with E-state index in [-0.39, 0.29) is 18.0 Å². The number of ether oxygens (including phenoxy) is 2. The first kappa shape index (κ1) is 17.2. The summed E-state index contributed by atoms with van der Waals surface area (Å²) in [5.74, 6) is -1.02. The standard InChI is InChI=1S/C17H14F2N2O3S/c1-23-17(22)21-13-5-3-2-4-10(13)9-25-15-8-24-16-12(19)6-11(18)7-14(16)20-15/h2-7H,8-9H2,1H3,(H,21,22). The van der Waals surface area contributed by atoms with Crippen molar-refractivity contribution in [2.45, 2.75) is 5.75 Å². The highest BCUT2D eigenvalue weighted by Gasteiger charge is 2.19. The molecule has 0 atom stereocenters. The summed E-state index contributed by atoms with van der Waals surface area (Å²) in [6.45, 7) is 0.104. The summed E-state index contributed by atoms with van der Waals surface area (Å²) in [7, 11) is 1.29. The Kier molecular flexibility index (Phi) is 5.18. The smallest absolute Gasteiger partial charge is 0.411 e. The number of carbonyl (C=O) groups is 1. The Morgan fingerprint density at radius 1 is 1.36 bits per heavy atom. The average molecular weight is 364 g/mol. The lowest BCUT2D eigenvalue weighted by Gasteiger charge is -2.17. The third-order valence-electron chi connectivity index (χ3n) is 3.41. The second-order valence-electron chi connectivity index (χ2n) is 5.09. The SMILES string of the molecule is COC(=O)Nc1ccccc1CSC1=Nc2cc(F)cc(F)c2OC1. The first-order valence-electron chi connectivity index (χ1n) is 7.32. The molecule has 2 aromatic carbocycles. The highest BCUT2D eigenvalue weighted by Crippen LogP contribution is 2.36. The number of thioether (sulfide) groups is 1. The number of hydrogen-bond donors (Lipinski definition) is 1. The van der Waals surface area contributed by atoms with E-state index in [0.29, 0.717) is 16.5 Å². The van der Waals surface area contributed by atoms with E-state index < -0.39 is 17.7 Å². The number of carbonyl (C=O) groups excluding carboxylic acids is 1. The Labute approximate surface area is 147 Å². The zero-order chi connectivity index (χ0) is 17.8. The van der Waals surface area contributed by atoms with Crippen LogP contribution in [0.15, 0.2) is 41.4 Å². The second-order valence-corrected chi connectivity index (χ2v) is 6.14. The van der Waals surface area contributed by atoms with Crippen molar-refractivity contribution in [1.29, 1.82) is 0 Å². The van der Waals surface area contributed by atoms with Crippen LogP contribution in [-0.2, 0) is 10.5 Å². The van der Waals surface area contributed by atoms with Crippen molar-refractivity contribution in [3.63, 3.8) is 0 Å². The van der Waals surface area contributed by atoms with Crippen molar-refractivity contribution in [3.8, 4) is 5.75 Å². The lowest BCUT2D eigenvalue weighted by Crippen LogP contribution is -2.14. The van der Waals surface area contributed by atoms with E-state index in [9.17, 15) is 13.6 Å². The van der Waals surface area contributed by atoms with Gasteiger partial charge in [-0.15, -0.1) is 11.8 Å². The number of hydrogen-bond acceptors (Lipinski definition) is 5. The first-order chi connectivity index (χ1) is 12.1. The van der Waals surface area contributed by atoms with E-state index in [1.54, 1.807) is 12.1 Å². The molecule has 1 amide bonds. The number of nitrogens with zero attached hydrogens (tertiary/aromatic N) is 1. The molecule has 25 heavy (non-hydrogen) atoms. The first-order valence-corrected chi connectivity index (χ1v) is 8.30. The maximum Gasteiger partial charge on any atom is 0.411 e. The van der Waals surface area contributed by atoms with Crippen molar-refractivity contribution in [2.75, 3.05) is 19.0 Å². The van der Waals surface area contributed by atoms with E-state index in [2.05, 4.69) is 15.0 Å². The van der Waals surface area contributed by atoms with Crippen LogP contribution >= 0.6 is 11.8 Å². The monoisotopic (exact) mass is 364 g/mol. The second kappa shape index (κ2) is 7.52. The quantitative estimate of drug-likeness (QED) is 0.871. The Morgan fingerprint density at radius 3 is 2.96 bits per heavy atom. The van der Waals surface area contributed by atoms with Gasteiger partial charge in [-0.25, -0.2) is 18.6 Å². The minimum absolute atomic E-state index is 0.0430. The van der Waals surface area contributed by atoms with E-state index in [0.717, 1.165) is 17.7 Å². The van der Waals surface area contributed by atoms with Gasteiger partial charge in [-0.3, -0.25) is 5.32 Å². The summed E-state index contributed by atoms with van der Waals surface area (Å²) < 4.78 is 36.9. The molecule has 0 saturated heterocycles. The molecule has 0 saturated carbocycles. The van der Waals surface area contributed by atoms with Crippen LogP contribution in [0.1, 0.15) is 5.56 Å². The summed E-state index contributed by atoms with van der Waals surface area (Å²) >= 11 is 1.36. The molecule has 0 aliphatic carbocycles. The molecule has 1 N–H and O–H groups in total. The molecule has 0 spiro atoms. The van der Waals surface area contributed by atoms with Gasteiger partial charge in [-0.1, -0.05) is 18.2 Å². The van der Waals surface area contributed by atoms with Crippen LogP contribution in [0.5, 0.6) is 5.75 Å². The van der Waals surface area contributed by atoms with Gasteiger partial charge in [0, 0.05) is 23.6 Å². The molecule has 5 nitrogen and oxygen atoms in total. The zero-order valence-corrected chi connectivity index (χ0v) is 14.0. The van der Waals surface area contributed by atoms with Crippen LogP contribution in [0.2, 0.25) is 0 Å². The molecule has 0 aromatic heterocycles. The van der Waals surface area contributed by atoms with Gasteiger partial charge in [0.25, 0.3) is 0 Å². The number of nitrogens with one attached hydrogen (secondary N) is 1. The molecule has 1 heterocycles. The van der Waals surface area contributed by atoms with E-state index >= 15 is 0 Å². The zero-order valence-electron chi connectivity index (χ0n) is 13.2. The molecule has 130 valence electrons. The third kappa shape index (κ3) is 4.08. The van der Waals surface area contributed by atoms with Gasteiger partial charge < -0.3 is 9.47 Å². The number of amides is 1. The van der Waals surface area contributed by atoms with E-state index in [1.807, 2.05) is 12.1 Å². The summed E-state index contributed by atoms with van der Waals surface area (Å²) in [4.78, 5) is 15.6. The lowest BCUT2D eigenvalue weighted by molar-refractivity contribution is 0.187. The van der Waals surface area contributed by atoms with Crippen LogP contribution in [0, 0.1) is 11.6 Å². The predicted octanol–water partition coefficient (Wildman–Crippen LogP) is 4.50. The van der Waals surface area contributed by atoms with Gasteiger partial charge in [0.15, 0.2) is 11.6 Å². The van der Waals surface area contributed by atoms with Crippen molar-refractivity contribution in [2.24, 2.45) is 4.99 Å². The Bertz CT molecular complexity index is 843. The maximum absolute atomic E-state index is 13.6. The molecular weight excluding hydrogens is 350 g/mol. The number of para-hydroxylation sites is 1. The summed E-state index contributed by atoms with van der Waals surface area (Å²) in [6, 6.07) is 9.15. The Hall–Kier alpha value is -2.61. The van der Waals surface area contributed by atoms with Gasteiger partial charge in [0.1, 0.15) is 23.2 Å². The molecular formula is C17H14F2N2O3S. The third-order valence-corrected chi connectivity index (χ3v) is 4.41. The molecule has 3 rings (SSSR count). The maximum atomic E-state index is 13.6. The number of methoxy groups -OCH3 is 1. The van der Waals surface area contributed by atoms with Gasteiger partial charge in [-0.2, -0.15) is 0 Å². The van der Waals surface area contributed by atoms with Crippen LogP contribution in [0.25, 0.3) is 0 Å². The van der Waals surface area contributed by atoms with Gasteiger partial charge in [-0.05, 0) is 11.6 Å². The fourth-order valence-electron chi connectivity index (χ4n) is 2.24. The molecule has 0 bridgehead atoms. The molecule has 2 aromatic rings.